The Morgan fingerprint density at radius 3 is 2.85 bits per heavy atom. The molecule has 2 rings (SSSR count). The number of hydrogen-bond acceptors (Lipinski definition) is 3. The monoisotopic (exact) mass is 275 g/mol. The van der Waals surface area contributed by atoms with E-state index < -0.39 is 0 Å². The van der Waals surface area contributed by atoms with Crippen LogP contribution < -0.4 is 10.1 Å². The second kappa shape index (κ2) is 7.34. The maximum Gasteiger partial charge on any atom is 0.124 e. The lowest BCUT2D eigenvalue weighted by molar-refractivity contribution is 0.404. The molecule has 0 saturated carbocycles. The molecule has 0 heterocycles. The van der Waals surface area contributed by atoms with Crippen LogP contribution in [0.3, 0.4) is 0 Å². The van der Waals surface area contributed by atoms with Crippen molar-refractivity contribution < 1.29 is 9.84 Å². The Morgan fingerprint density at radius 1 is 1.35 bits per heavy atom. The highest BCUT2D eigenvalue weighted by atomic mass is 16.5. The zero-order chi connectivity index (χ0) is 14.4. The van der Waals surface area contributed by atoms with E-state index in [9.17, 15) is 5.11 Å². The number of hydrogen-bond donors (Lipinski definition) is 2. The molecule has 0 amide bonds. The standard InChI is InChI=1S/C17H25NO2/c1-13(16-9-8-15(20-2)12-17(16)19)18-11-10-14-6-4-3-5-7-14/h6,8-9,12-13,18-19H,3-5,7,10-11H2,1-2H3. The molecule has 2 N–H and O–H groups in total. The number of aromatic hydroxyl groups is 1. The number of phenolic OH excluding ortho intramolecular Hbond substituents is 1. The number of nitrogens with one attached hydrogen (secondary N) is 1. The predicted octanol–water partition coefficient (Wildman–Crippen LogP) is 3.94. The maximum atomic E-state index is 10.0. The molecule has 3 heteroatoms. The van der Waals surface area contributed by atoms with Crippen molar-refractivity contribution in [3.8, 4) is 11.5 Å². The van der Waals surface area contributed by atoms with Crippen molar-refractivity contribution in [2.24, 2.45) is 0 Å². The van der Waals surface area contributed by atoms with E-state index in [4.69, 9.17) is 4.74 Å². The molecule has 0 fully saturated rings. The molecule has 1 atom stereocenters. The molecule has 3 nitrogen and oxygen atoms in total. The van der Waals surface area contributed by atoms with E-state index >= 15 is 0 Å². The summed E-state index contributed by atoms with van der Waals surface area (Å²) in [6.45, 7) is 3.04. The van der Waals surface area contributed by atoms with Crippen molar-refractivity contribution in [1.29, 1.82) is 0 Å². The van der Waals surface area contributed by atoms with Gasteiger partial charge in [0.15, 0.2) is 0 Å². The molecule has 0 aliphatic heterocycles. The molecule has 110 valence electrons. The van der Waals surface area contributed by atoms with Gasteiger partial charge in [0.25, 0.3) is 0 Å². The number of rotatable bonds is 6. The van der Waals surface area contributed by atoms with Crippen LogP contribution in [0.2, 0.25) is 0 Å². The van der Waals surface area contributed by atoms with Crippen molar-refractivity contribution in [3.05, 3.63) is 35.4 Å². The van der Waals surface area contributed by atoms with Gasteiger partial charge in [0.05, 0.1) is 7.11 Å². The van der Waals surface area contributed by atoms with Crippen LogP contribution >= 0.6 is 0 Å². The van der Waals surface area contributed by atoms with Crippen molar-refractivity contribution >= 4 is 0 Å². The largest absolute Gasteiger partial charge is 0.507 e. The van der Waals surface area contributed by atoms with Gasteiger partial charge in [0.2, 0.25) is 0 Å². The minimum Gasteiger partial charge on any atom is -0.507 e. The fourth-order valence-corrected chi connectivity index (χ4v) is 2.71. The lowest BCUT2D eigenvalue weighted by atomic mass is 9.97. The highest BCUT2D eigenvalue weighted by molar-refractivity contribution is 5.41. The molecular formula is C17H25NO2. The Morgan fingerprint density at radius 2 is 2.20 bits per heavy atom. The van der Waals surface area contributed by atoms with Crippen molar-refractivity contribution in [2.45, 2.75) is 45.1 Å². The van der Waals surface area contributed by atoms with Crippen LogP contribution in [0.25, 0.3) is 0 Å². The highest BCUT2D eigenvalue weighted by Crippen LogP contribution is 2.28. The molecule has 1 aliphatic carbocycles. The molecule has 1 unspecified atom stereocenters. The van der Waals surface area contributed by atoms with Crippen LogP contribution in [0.4, 0.5) is 0 Å². The zero-order valence-corrected chi connectivity index (χ0v) is 12.5. The second-order valence-corrected chi connectivity index (χ2v) is 5.46. The van der Waals surface area contributed by atoms with Gasteiger partial charge in [-0.1, -0.05) is 17.7 Å². The quantitative estimate of drug-likeness (QED) is 0.773. The summed E-state index contributed by atoms with van der Waals surface area (Å²) in [5.41, 5.74) is 2.50. The first-order valence-corrected chi connectivity index (χ1v) is 7.49. The normalized spacial score (nSPS) is 16.6. The van der Waals surface area contributed by atoms with Crippen molar-refractivity contribution in [2.75, 3.05) is 13.7 Å². The van der Waals surface area contributed by atoms with E-state index in [0.29, 0.717) is 11.5 Å². The Bertz CT molecular complexity index is 468. The minimum absolute atomic E-state index is 0.144. The fourth-order valence-electron chi connectivity index (χ4n) is 2.71. The van der Waals surface area contributed by atoms with E-state index in [1.54, 1.807) is 18.7 Å². The van der Waals surface area contributed by atoms with E-state index in [2.05, 4.69) is 18.3 Å². The topological polar surface area (TPSA) is 41.5 Å². The van der Waals surface area contributed by atoms with Gasteiger partial charge in [-0.15, -0.1) is 0 Å². The molecule has 1 aromatic rings. The minimum atomic E-state index is 0.144. The summed E-state index contributed by atoms with van der Waals surface area (Å²) in [4.78, 5) is 0. The summed E-state index contributed by atoms with van der Waals surface area (Å²) in [5, 5.41) is 13.5. The molecular weight excluding hydrogens is 250 g/mol. The third kappa shape index (κ3) is 4.01. The first-order chi connectivity index (χ1) is 9.70. The summed E-state index contributed by atoms with van der Waals surface area (Å²) in [6, 6.07) is 5.62. The first kappa shape index (κ1) is 14.9. The van der Waals surface area contributed by atoms with Crippen LogP contribution in [0.15, 0.2) is 29.8 Å². The predicted molar refractivity (Wildman–Crippen MR) is 82.2 cm³/mol. The van der Waals surface area contributed by atoms with Gasteiger partial charge in [-0.3, -0.25) is 0 Å². The van der Waals surface area contributed by atoms with Gasteiger partial charge in [-0.05, 0) is 51.6 Å². The molecule has 0 bridgehead atoms. The number of allylic oxidation sites excluding steroid dienone is 1. The fraction of sp³-hybridized carbons (Fsp3) is 0.529. The van der Waals surface area contributed by atoms with Gasteiger partial charge in [-0.25, -0.2) is 0 Å². The van der Waals surface area contributed by atoms with Crippen LogP contribution in [-0.2, 0) is 0 Å². The second-order valence-electron chi connectivity index (χ2n) is 5.46. The van der Waals surface area contributed by atoms with Crippen LogP contribution in [0.5, 0.6) is 11.5 Å². The van der Waals surface area contributed by atoms with Crippen LogP contribution in [0.1, 0.15) is 50.6 Å². The molecule has 1 aliphatic rings. The summed E-state index contributed by atoms with van der Waals surface area (Å²) >= 11 is 0. The molecule has 20 heavy (non-hydrogen) atoms. The lowest BCUT2D eigenvalue weighted by Gasteiger charge is -2.18. The third-order valence-electron chi connectivity index (χ3n) is 3.99. The first-order valence-electron chi connectivity index (χ1n) is 7.49. The van der Waals surface area contributed by atoms with E-state index in [1.165, 1.54) is 25.7 Å². The highest BCUT2D eigenvalue weighted by Gasteiger charge is 2.11. The molecule has 0 saturated heterocycles. The average molecular weight is 275 g/mol. The Balaban J connectivity index is 1.85. The summed E-state index contributed by atoms with van der Waals surface area (Å²) in [7, 11) is 1.61. The van der Waals surface area contributed by atoms with Gasteiger partial charge in [0.1, 0.15) is 11.5 Å². The number of ether oxygens (including phenoxy) is 1. The lowest BCUT2D eigenvalue weighted by Crippen LogP contribution is -2.20. The van der Waals surface area contributed by atoms with E-state index in [1.807, 2.05) is 12.1 Å². The van der Waals surface area contributed by atoms with E-state index in [-0.39, 0.29) is 6.04 Å². The van der Waals surface area contributed by atoms with Gasteiger partial charge in [-0.2, -0.15) is 0 Å². The molecule has 0 aromatic heterocycles. The average Bonchev–Trinajstić information content (AvgIpc) is 2.48. The maximum absolute atomic E-state index is 10.0. The van der Waals surface area contributed by atoms with Crippen molar-refractivity contribution in [1.82, 2.24) is 5.32 Å². The van der Waals surface area contributed by atoms with Crippen molar-refractivity contribution in [3.63, 3.8) is 0 Å². The number of methoxy groups -OCH3 is 1. The Hall–Kier alpha value is -1.48. The SMILES string of the molecule is COc1ccc(C(C)NCCC2=CCCCC2)c(O)c1. The van der Waals surface area contributed by atoms with Gasteiger partial charge in [0, 0.05) is 17.7 Å². The third-order valence-corrected chi connectivity index (χ3v) is 3.99. The van der Waals surface area contributed by atoms with E-state index in [0.717, 1.165) is 18.5 Å². The van der Waals surface area contributed by atoms with Crippen LogP contribution in [-0.4, -0.2) is 18.8 Å². The number of phenols is 1. The summed E-state index contributed by atoms with van der Waals surface area (Å²) < 4.78 is 5.10. The van der Waals surface area contributed by atoms with Gasteiger partial charge < -0.3 is 15.2 Å². The smallest absolute Gasteiger partial charge is 0.124 e. The summed E-state index contributed by atoms with van der Waals surface area (Å²) in [6.07, 6.45) is 8.67. The molecule has 0 spiro atoms. The van der Waals surface area contributed by atoms with Gasteiger partial charge >= 0.3 is 0 Å². The number of benzene rings is 1. The zero-order valence-electron chi connectivity index (χ0n) is 12.5. The van der Waals surface area contributed by atoms with Crippen LogP contribution in [0, 0.1) is 0 Å². The Labute approximate surface area is 121 Å². The Kier molecular flexibility index (Phi) is 5.48. The molecule has 1 aromatic carbocycles. The molecule has 0 radical (unpaired) electrons. The summed E-state index contributed by atoms with van der Waals surface area (Å²) in [5.74, 6) is 0.979.